The van der Waals surface area contributed by atoms with Crippen LogP contribution in [0, 0.1) is 0 Å². The molecule has 0 bridgehead atoms. The van der Waals surface area contributed by atoms with E-state index in [9.17, 15) is 9.90 Å². The summed E-state index contributed by atoms with van der Waals surface area (Å²) in [4.78, 5) is 12.4. The van der Waals surface area contributed by atoms with Gasteiger partial charge in [-0.1, -0.05) is 30.3 Å². The number of benzene rings is 2. The highest BCUT2D eigenvalue weighted by atomic mass is 16.3. The van der Waals surface area contributed by atoms with Crippen LogP contribution in [0.3, 0.4) is 0 Å². The molecule has 6 heteroatoms. The molecule has 0 atom stereocenters. The minimum Gasteiger partial charge on any atom is -0.507 e. The van der Waals surface area contributed by atoms with Gasteiger partial charge in [0.2, 0.25) is 0 Å². The van der Waals surface area contributed by atoms with Crippen LogP contribution < -0.4 is 5.32 Å². The Kier molecular flexibility index (Phi) is 3.35. The molecule has 0 unspecified atom stereocenters. The van der Waals surface area contributed by atoms with Crippen molar-refractivity contribution in [1.29, 1.82) is 0 Å². The molecular weight excluding hydrogens is 304 g/mol. The van der Waals surface area contributed by atoms with Gasteiger partial charge in [-0.2, -0.15) is 0 Å². The maximum Gasteiger partial charge on any atom is 0.255 e. The number of carbonyl (C=O) groups is 1. The molecular formula is C18H14N4O2. The van der Waals surface area contributed by atoms with Crippen LogP contribution in [0.5, 0.6) is 5.75 Å². The van der Waals surface area contributed by atoms with Gasteiger partial charge >= 0.3 is 0 Å². The Labute approximate surface area is 137 Å². The minimum absolute atomic E-state index is 0.0442. The number of rotatable bonds is 3. The second-order valence-electron chi connectivity index (χ2n) is 5.44. The zero-order valence-corrected chi connectivity index (χ0v) is 12.7. The average Bonchev–Trinajstić information content (AvgIpc) is 3.02. The molecule has 24 heavy (non-hydrogen) atoms. The number of hydrogen-bond donors (Lipinski definition) is 2. The van der Waals surface area contributed by atoms with E-state index in [1.807, 2.05) is 48.7 Å². The molecule has 2 heterocycles. The summed E-state index contributed by atoms with van der Waals surface area (Å²) in [5.41, 5.74) is 0.956. The first kappa shape index (κ1) is 14.2. The summed E-state index contributed by atoms with van der Waals surface area (Å²) >= 11 is 0. The smallest absolute Gasteiger partial charge is 0.255 e. The Balaban J connectivity index is 1.59. The van der Waals surface area contributed by atoms with Crippen molar-refractivity contribution in [3.05, 3.63) is 72.2 Å². The quantitative estimate of drug-likeness (QED) is 0.608. The van der Waals surface area contributed by atoms with Crippen LogP contribution in [-0.2, 0) is 6.54 Å². The molecule has 4 rings (SSSR count). The number of carbonyl (C=O) groups excluding carboxylic acids is 1. The third-order valence-electron chi connectivity index (χ3n) is 3.90. The first-order valence-electron chi connectivity index (χ1n) is 7.51. The Morgan fingerprint density at radius 2 is 1.79 bits per heavy atom. The maximum atomic E-state index is 12.4. The lowest BCUT2D eigenvalue weighted by atomic mass is 10.1. The van der Waals surface area contributed by atoms with E-state index in [1.54, 1.807) is 16.5 Å². The van der Waals surface area contributed by atoms with Crippen LogP contribution in [0.15, 0.2) is 60.8 Å². The van der Waals surface area contributed by atoms with Gasteiger partial charge in [-0.3, -0.25) is 9.20 Å². The number of hydrogen-bond acceptors (Lipinski definition) is 4. The van der Waals surface area contributed by atoms with Gasteiger partial charge < -0.3 is 10.4 Å². The summed E-state index contributed by atoms with van der Waals surface area (Å²) in [5.74, 6) is 0.225. The number of phenolic OH excluding ortho intramolecular Hbond substituents is 1. The molecule has 0 fully saturated rings. The molecule has 0 aliphatic carbocycles. The van der Waals surface area contributed by atoms with Crippen LogP contribution in [0.25, 0.3) is 16.4 Å². The van der Waals surface area contributed by atoms with Crippen molar-refractivity contribution in [3.63, 3.8) is 0 Å². The summed E-state index contributed by atoms with van der Waals surface area (Å²) in [5, 5.41) is 22.8. The third-order valence-corrected chi connectivity index (χ3v) is 3.90. The van der Waals surface area contributed by atoms with Gasteiger partial charge in [-0.05, 0) is 35.0 Å². The Hall–Kier alpha value is -3.41. The van der Waals surface area contributed by atoms with Crippen molar-refractivity contribution in [2.45, 2.75) is 6.54 Å². The topological polar surface area (TPSA) is 79.5 Å². The number of phenols is 1. The van der Waals surface area contributed by atoms with Gasteiger partial charge in [0, 0.05) is 6.20 Å². The number of fused-ring (bicyclic) bond motifs is 2. The minimum atomic E-state index is -0.356. The molecule has 6 nitrogen and oxygen atoms in total. The maximum absolute atomic E-state index is 12.4. The standard InChI is InChI=1S/C18H14N4O2/c23-15-10-13-6-2-1-5-12(13)9-14(15)18(24)19-11-17-21-20-16-7-3-4-8-22(16)17/h1-10,23H,11H2,(H,19,24). The van der Waals surface area contributed by atoms with Crippen molar-refractivity contribution in [2.75, 3.05) is 0 Å². The van der Waals surface area contributed by atoms with E-state index in [-0.39, 0.29) is 23.8 Å². The van der Waals surface area contributed by atoms with E-state index in [0.29, 0.717) is 5.82 Å². The molecule has 0 aliphatic rings. The van der Waals surface area contributed by atoms with Crippen LogP contribution in [0.1, 0.15) is 16.2 Å². The van der Waals surface area contributed by atoms with Gasteiger partial charge in [-0.15, -0.1) is 10.2 Å². The fraction of sp³-hybridized carbons (Fsp3) is 0.0556. The normalized spacial score (nSPS) is 11.0. The van der Waals surface area contributed by atoms with Crippen LogP contribution in [-0.4, -0.2) is 25.6 Å². The predicted octanol–water partition coefficient (Wildman–Crippen LogP) is 2.52. The van der Waals surface area contributed by atoms with Crippen molar-refractivity contribution in [2.24, 2.45) is 0 Å². The summed E-state index contributed by atoms with van der Waals surface area (Å²) in [7, 11) is 0. The molecule has 2 aromatic heterocycles. The number of amides is 1. The van der Waals surface area contributed by atoms with Crippen LogP contribution in [0.2, 0.25) is 0 Å². The monoisotopic (exact) mass is 318 g/mol. The first-order valence-corrected chi connectivity index (χ1v) is 7.51. The average molecular weight is 318 g/mol. The lowest BCUT2D eigenvalue weighted by Gasteiger charge is -2.08. The van der Waals surface area contributed by atoms with Crippen molar-refractivity contribution in [1.82, 2.24) is 19.9 Å². The van der Waals surface area contributed by atoms with Gasteiger partial charge in [0.15, 0.2) is 11.5 Å². The molecule has 1 amide bonds. The molecule has 118 valence electrons. The number of nitrogens with zero attached hydrogens (tertiary/aromatic N) is 3. The number of nitrogens with one attached hydrogen (secondary N) is 1. The fourth-order valence-electron chi connectivity index (χ4n) is 2.68. The summed E-state index contributed by atoms with van der Waals surface area (Å²) < 4.78 is 1.81. The Morgan fingerprint density at radius 1 is 1.04 bits per heavy atom. The van der Waals surface area contributed by atoms with E-state index in [1.165, 1.54) is 0 Å². The van der Waals surface area contributed by atoms with Crippen molar-refractivity contribution in [3.8, 4) is 5.75 Å². The molecule has 2 aromatic carbocycles. The molecule has 0 spiro atoms. The largest absolute Gasteiger partial charge is 0.507 e. The summed E-state index contributed by atoms with van der Waals surface area (Å²) in [6.45, 7) is 0.219. The summed E-state index contributed by atoms with van der Waals surface area (Å²) in [6.07, 6.45) is 1.84. The Bertz CT molecular complexity index is 1060. The highest BCUT2D eigenvalue weighted by Gasteiger charge is 2.13. The van der Waals surface area contributed by atoms with E-state index >= 15 is 0 Å². The molecule has 0 aliphatic heterocycles. The zero-order chi connectivity index (χ0) is 16.5. The second-order valence-corrected chi connectivity index (χ2v) is 5.44. The number of aromatic hydroxyl groups is 1. The lowest BCUT2D eigenvalue weighted by molar-refractivity contribution is 0.0947. The predicted molar refractivity (Wildman–Crippen MR) is 89.8 cm³/mol. The molecule has 2 N–H and O–H groups in total. The third kappa shape index (κ3) is 2.44. The van der Waals surface area contributed by atoms with Gasteiger partial charge in [-0.25, -0.2) is 0 Å². The van der Waals surface area contributed by atoms with E-state index in [4.69, 9.17) is 0 Å². The lowest BCUT2D eigenvalue weighted by Crippen LogP contribution is -2.24. The SMILES string of the molecule is O=C(NCc1nnc2ccccn12)c1cc2ccccc2cc1O. The Morgan fingerprint density at radius 3 is 2.62 bits per heavy atom. The van der Waals surface area contributed by atoms with Gasteiger partial charge in [0.1, 0.15) is 5.75 Å². The molecule has 0 radical (unpaired) electrons. The number of pyridine rings is 1. The van der Waals surface area contributed by atoms with E-state index < -0.39 is 0 Å². The van der Waals surface area contributed by atoms with Crippen LogP contribution >= 0.6 is 0 Å². The first-order chi connectivity index (χ1) is 11.7. The van der Waals surface area contributed by atoms with Crippen molar-refractivity contribution >= 4 is 22.3 Å². The molecule has 0 saturated carbocycles. The highest BCUT2D eigenvalue weighted by molar-refractivity contribution is 6.01. The zero-order valence-electron chi connectivity index (χ0n) is 12.7. The van der Waals surface area contributed by atoms with Gasteiger partial charge in [0.05, 0.1) is 12.1 Å². The van der Waals surface area contributed by atoms with Crippen LogP contribution in [0.4, 0.5) is 0 Å². The number of aromatic nitrogens is 3. The summed E-state index contributed by atoms with van der Waals surface area (Å²) in [6, 6.07) is 16.4. The van der Waals surface area contributed by atoms with Gasteiger partial charge in [0.25, 0.3) is 5.91 Å². The fourth-order valence-corrected chi connectivity index (χ4v) is 2.68. The van der Waals surface area contributed by atoms with E-state index in [2.05, 4.69) is 15.5 Å². The van der Waals surface area contributed by atoms with Crippen molar-refractivity contribution < 1.29 is 9.90 Å². The van der Waals surface area contributed by atoms with E-state index in [0.717, 1.165) is 16.4 Å². The molecule has 4 aromatic rings. The molecule has 0 saturated heterocycles. The highest BCUT2D eigenvalue weighted by Crippen LogP contribution is 2.24. The second kappa shape index (κ2) is 5.66.